The number of ether oxygens (including phenoxy) is 1. The normalized spacial score (nSPS) is 23.5. The molecule has 2 heteroatoms. The summed E-state index contributed by atoms with van der Waals surface area (Å²) >= 11 is 0. The van der Waals surface area contributed by atoms with Crippen LogP contribution in [0.2, 0.25) is 0 Å². The van der Waals surface area contributed by atoms with Crippen LogP contribution in [-0.2, 0) is 16.1 Å². The van der Waals surface area contributed by atoms with Gasteiger partial charge in [-0.3, -0.25) is 4.79 Å². The Hall–Kier alpha value is -1.31. The maximum atomic E-state index is 11.4. The van der Waals surface area contributed by atoms with Gasteiger partial charge in [-0.05, 0) is 23.8 Å². The Balaban J connectivity index is 1.71. The molecule has 0 amide bonds. The standard InChI is InChI=1S/C13H16O2/c1-10-7-12(10)8-13(14)15-9-11-5-3-2-4-6-11/h2-6,10,12H,7-9H2,1H3/t10-,12-/m1/s1. The van der Waals surface area contributed by atoms with Crippen LogP contribution in [0.3, 0.4) is 0 Å². The molecule has 2 rings (SSSR count). The topological polar surface area (TPSA) is 26.3 Å². The molecule has 1 aromatic carbocycles. The molecule has 2 atom stereocenters. The molecule has 0 saturated heterocycles. The van der Waals surface area contributed by atoms with Gasteiger partial charge in [0, 0.05) is 6.42 Å². The highest BCUT2D eigenvalue weighted by Gasteiger charge is 2.34. The highest BCUT2D eigenvalue weighted by Crippen LogP contribution is 2.40. The van der Waals surface area contributed by atoms with Crippen molar-refractivity contribution >= 4 is 5.97 Å². The third kappa shape index (κ3) is 3.08. The van der Waals surface area contributed by atoms with Gasteiger partial charge in [0.2, 0.25) is 0 Å². The van der Waals surface area contributed by atoms with E-state index in [0.717, 1.165) is 5.56 Å². The van der Waals surface area contributed by atoms with Gasteiger partial charge in [-0.15, -0.1) is 0 Å². The average Bonchev–Trinajstić information content (AvgIpc) is 2.93. The lowest BCUT2D eigenvalue weighted by atomic mass is 10.2. The summed E-state index contributed by atoms with van der Waals surface area (Å²) in [6, 6.07) is 9.79. The Bertz CT molecular complexity index is 332. The SMILES string of the molecule is C[C@@H]1C[C@@H]1CC(=O)OCc1ccccc1. The summed E-state index contributed by atoms with van der Waals surface area (Å²) < 4.78 is 5.19. The van der Waals surface area contributed by atoms with E-state index in [-0.39, 0.29) is 5.97 Å². The van der Waals surface area contributed by atoms with Gasteiger partial charge in [0.25, 0.3) is 0 Å². The molecule has 0 heterocycles. The monoisotopic (exact) mass is 204 g/mol. The maximum Gasteiger partial charge on any atom is 0.306 e. The van der Waals surface area contributed by atoms with Crippen molar-refractivity contribution < 1.29 is 9.53 Å². The molecule has 1 saturated carbocycles. The van der Waals surface area contributed by atoms with Crippen molar-refractivity contribution in [3.05, 3.63) is 35.9 Å². The number of carbonyl (C=O) groups is 1. The smallest absolute Gasteiger partial charge is 0.306 e. The molecular formula is C13H16O2. The molecule has 0 aromatic heterocycles. The third-order valence-electron chi connectivity index (χ3n) is 2.95. The predicted molar refractivity (Wildman–Crippen MR) is 58.1 cm³/mol. The lowest BCUT2D eigenvalue weighted by Gasteiger charge is -2.03. The van der Waals surface area contributed by atoms with Crippen molar-refractivity contribution in [1.82, 2.24) is 0 Å². The van der Waals surface area contributed by atoms with Crippen molar-refractivity contribution in [2.24, 2.45) is 11.8 Å². The first-order chi connectivity index (χ1) is 7.25. The number of rotatable bonds is 4. The van der Waals surface area contributed by atoms with Crippen LogP contribution >= 0.6 is 0 Å². The first kappa shape index (κ1) is 10.2. The van der Waals surface area contributed by atoms with E-state index in [1.165, 1.54) is 6.42 Å². The molecule has 0 bridgehead atoms. The van der Waals surface area contributed by atoms with Crippen molar-refractivity contribution in [2.75, 3.05) is 0 Å². The van der Waals surface area contributed by atoms with Crippen LogP contribution in [0.25, 0.3) is 0 Å². The molecule has 0 unspecified atom stereocenters. The summed E-state index contributed by atoms with van der Waals surface area (Å²) in [6.45, 7) is 2.58. The molecule has 0 aliphatic heterocycles. The van der Waals surface area contributed by atoms with E-state index in [1.807, 2.05) is 30.3 Å². The second-order valence-corrected chi connectivity index (χ2v) is 4.32. The van der Waals surface area contributed by atoms with E-state index in [1.54, 1.807) is 0 Å². The molecular weight excluding hydrogens is 188 g/mol. The summed E-state index contributed by atoms with van der Waals surface area (Å²) in [5.74, 6) is 1.23. The van der Waals surface area contributed by atoms with Crippen molar-refractivity contribution in [2.45, 2.75) is 26.4 Å². The molecule has 80 valence electrons. The van der Waals surface area contributed by atoms with Crippen LogP contribution in [0.1, 0.15) is 25.3 Å². The van der Waals surface area contributed by atoms with Crippen LogP contribution in [0.15, 0.2) is 30.3 Å². The van der Waals surface area contributed by atoms with E-state index >= 15 is 0 Å². The van der Waals surface area contributed by atoms with Crippen LogP contribution < -0.4 is 0 Å². The minimum absolute atomic E-state index is 0.0618. The van der Waals surface area contributed by atoms with Gasteiger partial charge >= 0.3 is 5.97 Å². The average molecular weight is 204 g/mol. The molecule has 1 aromatic rings. The minimum Gasteiger partial charge on any atom is -0.461 e. The molecule has 1 aliphatic carbocycles. The molecule has 2 nitrogen and oxygen atoms in total. The molecule has 1 aliphatic rings. The zero-order valence-electron chi connectivity index (χ0n) is 8.98. The Kier molecular flexibility index (Phi) is 3.05. The summed E-state index contributed by atoms with van der Waals surface area (Å²) in [5, 5.41) is 0. The third-order valence-corrected chi connectivity index (χ3v) is 2.95. The Morgan fingerprint density at radius 3 is 2.67 bits per heavy atom. The number of carbonyl (C=O) groups excluding carboxylic acids is 1. The second kappa shape index (κ2) is 4.47. The van der Waals surface area contributed by atoms with E-state index in [9.17, 15) is 4.79 Å². The van der Waals surface area contributed by atoms with Crippen LogP contribution in [-0.4, -0.2) is 5.97 Å². The highest BCUT2D eigenvalue weighted by molar-refractivity contribution is 5.70. The first-order valence-corrected chi connectivity index (χ1v) is 5.45. The summed E-state index contributed by atoms with van der Waals surface area (Å²) in [4.78, 5) is 11.4. The van der Waals surface area contributed by atoms with E-state index in [2.05, 4.69) is 6.92 Å². The Morgan fingerprint density at radius 2 is 2.07 bits per heavy atom. The van der Waals surface area contributed by atoms with Gasteiger partial charge in [-0.1, -0.05) is 37.3 Å². The first-order valence-electron chi connectivity index (χ1n) is 5.45. The number of esters is 1. The zero-order valence-corrected chi connectivity index (χ0v) is 8.98. The summed E-state index contributed by atoms with van der Waals surface area (Å²) in [5.41, 5.74) is 1.05. The summed E-state index contributed by atoms with van der Waals surface area (Å²) in [6.07, 6.45) is 1.77. The van der Waals surface area contributed by atoms with E-state index in [4.69, 9.17) is 4.74 Å². The number of benzene rings is 1. The molecule has 15 heavy (non-hydrogen) atoms. The zero-order chi connectivity index (χ0) is 10.7. The van der Waals surface area contributed by atoms with Gasteiger partial charge in [0.05, 0.1) is 0 Å². The fraction of sp³-hybridized carbons (Fsp3) is 0.462. The Labute approximate surface area is 90.3 Å². The van der Waals surface area contributed by atoms with Crippen LogP contribution in [0, 0.1) is 11.8 Å². The van der Waals surface area contributed by atoms with Gasteiger partial charge < -0.3 is 4.74 Å². The predicted octanol–water partition coefficient (Wildman–Crippen LogP) is 2.78. The Morgan fingerprint density at radius 1 is 1.40 bits per heavy atom. The highest BCUT2D eigenvalue weighted by atomic mass is 16.5. The van der Waals surface area contributed by atoms with Crippen LogP contribution in [0.4, 0.5) is 0 Å². The molecule has 0 radical (unpaired) electrons. The van der Waals surface area contributed by atoms with E-state index < -0.39 is 0 Å². The van der Waals surface area contributed by atoms with Crippen molar-refractivity contribution in [3.63, 3.8) is 0 Å². The number of hydrogen-bond acceptors (Lipinski definition) is 2. The second-order valence-electron chi connectivity index (χ2n) is 4.32. The molecule has 1 fully saturated rings. The maximum absolute atomic E-state index is 11.4. The lowest BCUT2D eigenvalue weighted by molar-refractivity contribution is -0.145. The van der Waals surface area contributed by atoms with Crippen molar-refractivity contribution in [1.29, 1.82) is 0 Å². The molecule has 0 N–H and O–H groups in total. The lowest BCUT2D eigenvalue weighted by Crippen LogP contribution is -2.05. The van der Waals surface area contributed by atoms with Gasteiger partial charge in [-0.2, -0.15) is 0 Å². The van der Waals surface area contributed by atoms with Crippen LogP contribution in [0.5, 0.6) is 0 Å². The fourth-order valence-corrected chi connectivity index (χ4v) is 1.69. The minimum atomic E-state index is -0.0618. The fourth-order valence-electron chi connectivity index (χ4n) is 1.69. The van der Waals surface area contributed by atoms with E-state index in [0.29, 0.717) is 24.9 Å². The van der Waals surface area contributed by atoms with Gasteiger partial charge in [-0.25, -0.2) is 0 Å². The number of hydrogen-bond donors (Lipinski definition) is 0. The van der Waals surface area contributed by atoms with Gasteiger partial charge in [0.1, 0.15) is 6.61 Å². The largest absolute Gasteiger partial charge is 0.461 e. The van der Waals surface area contributed by atoms with Crippen molar-refractivity contribution in [3.8, 4) is 0 Å². The quantitative estimate of drug-likeness (QED) is 0.705. The molecule has 0 spiro atoms. The summed E-state index contributed by atoms with van der Waals surface area (Å²) in [7, 11) is 0. The van der Waals surface area contributed by atoms with Gasteiger partial charge in [0.15, 0.2) is 0 Å².